The van der Waals surface area contributed by atoms with E-state index >= 15 is 0 Å². The first-order chi connectivity index (χ1) is 7.69. The maximum Gasteiger partial charge on any atom is 0.0724 e. The number of nitrogens with zero attached hydrogens (tertiary/aromatic N) is 2. The van der Waals surface area contributed by atoms with Gasteiger partial charge in [0.1, 0.15) is 0 Å². The highest BCUT2D eigenvalue weighted by Crippen LogP contribution is 2.11. The fraction of sp³-hybridized carbons (Fsp3) is 0.750. The summed E-state index contributed by atoms with van der Waals surface area (Å²) in [5.74, 6) is 0. The van der Waals surface area contributed by atoms with Crippen molar-refractivity contribution in [3.8, 4) is 0 Å². The third-order valence-electron chi connectivity index (χ3n) is 2.62. The fourth-order valence-corrected chi connectivity index (χ4v) is 1.64. The van der Waals surface area contributed by atoms with Crippen LogP contribution in [0.1, 0.15) is 37.6 Å². The molecule has 1 heterocycles. The maximum atomic E-state index is 5.13. The smallest absolute Gasteiger partial charge is 0.0724 e. The van der Waals surface area contributed by atoms with Gasteiger partial charge in [0.25, 0.3) is 0 Å². The Morgan fingerprint density at radius 1 is 1.56 bits per heavy atom. The molecule has 0 amide bonds. The Kier molecular flexibility index (Phi) is 5.49. The van der Waals surface area contributed by atoms with Gasteiger partial charge in [0, 0.05) is 25.4 Å². The van der Waals surface area contributed by atoms with Crippen molar-refractivity contribution in [2.24, 2.45) is 0 Å². The lowest BCUT2D eigenvalue weighted by atomic mass is 10.2. The van der Waals surface area contributed by atoms with Crippen LogP contribution in [-0.4, -0.2) is 30.0 Å². The lowest BCUT2D eigenvalue weighted by Gasteiger charge is -2.10. The normalized spacial score (nSPS) is 13.0. The zero-order valence-corrected chi connectivity index (χ0v) is 10.8. The van der Waals surface area contributed by atoms with Crippen molar-refractivity contribution in [2.45, 2.75) is 39.8 Å². The second-order valence-corrected chi connectivity index (χ2v) is 4.20. The molecular weight excluding hydrogens is 202 g/mol. The molecule has 0 aliphatic carbocycles. The number of aromatic nitrogens is 2. The summed E-state index contributed by atoms with van der Waals surface area (Å²) in [6, 6.07) is 0.295. The average molecular weight is 225 g/mol. The van der Waals surface area contributed by atoms with Crippen LogP contribution in [0.15, 0.2) is 6.20 Å². The second kappa shape index (κ2) is 6.66. The first kappa shape index (κ1) is 13.2. The van der Waals surface area contributed by atoms with Crippen LogP contribution in [0.2, 0.25) is 0 Å². The number of aryl methyl sites for hydroxylation is 1. The predicted molar refractivity (Wildman–Crippen MR) is 65.5 cm³/mol. The van der Waals surface area contributed by atoms with Crippen molar-refractivity contribution in [1.82, 2.24) is 15.1 Å². The topological polar surface area (TPSA) is 39.1 Å². The Morgan fingerprint density at radius 3 is 2.94 bits per heavy atom. The Morgan fingerprint density at radius 2 is 2.31 bits per heavy atom. The summed E-state index contributed by atoms with van der Waals surface area (Å²) in [6.45, 7) is 8.99. The van der Waals surface area contributed by atoms with Gasteiger partial charge in [-0.15, -0.1) is 0 Å². The van der Waals surface area contributed by atoms with Crippen molar-refractivity contribution < 1.29 is 4.74 Å². The SMILES string of the molecule is CCCNCc1cn(C(C)COC)nc1C. The van der Waals surface area contributed by atoms with E-state index in [0.717, 1.165) is 25.2 Å². The summed E-state index contributed by atoms with van der Waals surface area (Å²) in [4.78, 5) is 0. The molecule has 0 aliphatic heterocycles. The highest BCUT2D eigenvalue weighted by molar-refractivity contribution is 5.15. The molecule has 1 unspecified atom stereocenters. The van der Waals surface area contributed by atoms with Crippen molar-refractivity contribution in [1.29, 1.82) is 0 Å². The molecule has 92 valence electrons. The minimum atomic E-state index is 0.295. The van der Waals surface area contributed by atoms with Crippen LogP contribution in [0.25, 0.3) is 0 Å². The number of hydrogen-bond donors (Lipinski definition) is 1. The van der Waals surface area contributed by atoms with Crippen LogP contribution in [0, 0.1) is 6.92 Å². The summed E-state index contributed by atoms with van der Waals surface area (Å²) in [7, 11) is 1.72. The molecule has 0 radical (unpaired) electrons. The van der Waals surface area contributed by atoms with Gasteiger partial charge in [-0.3, -0.25) is 4.68 Å². The Balaban J connectivity index is 2.58. The van der Waals surface area contributed by atoms with Crippen molar-refractivity contribution in [2.75, 3.05) is 20.3 Å². The number of rotatable bonds is 7. The zero-order valence-electron chi connectivity index (χ0n) is 10.8. The van der Waals surface area contributed by atoms with Crippen molar-refractivity contribution >= 4 is 0 Å². The van der Waals surface area contributed by atoms with Gasteiger partial charge in [-0.05, 0) is 26.8 Å². The van der Waals surface area contributed by atoms with E-state index in [-0.39, 0.29) is 0 Å². The predicted octanol–water partition coefficient (Wildman–Crippen LogP) is 1.90. The summed E-state index contributed by atoms with van der Waals surface area (Å²) < 4.78 is 7.12. The lowest BCUT2D eigenvalue weighted by Crippen LogP contribution is -2.14. The second-order valence-electron chi connectivity index (χ2n) is 4.20. The van der Waals surface area contributed by atoms with Crippen LogP contribution in [0.3, 0.4) is 0 Å². The van der Waals surface area contributed by atoms with Gasteiger partial charge in [0.05, 0.1) is 18.3 Å². The van der Waals surface area contributed by atoms with E-state index in [1.54, 1.807) is 7.11 Å². The van der Waals surface area contributed by atoms with Gasteiger partial charge in [0.2, 0.25) is 0 Å². The van der Waals surface area contributed by atoms with Crippen LogP contribution in [-0.2, 0) is 11.3 Å². The minimum absolute atomic E-state index is 0.295. The molecule has 4 heteroatoms. The molecule has 16 heavy (non-hydrogen) atoms. The molecule has 1 aromatic heterocycles. The van der Waals surface area contributed by atoms with E-state index < -0.39 is 0 Å². The molecule has 1 atom stereocenters. The molecule has 0 aromatic carbocycles. The van der Waals surface area contributed by atoms with E-state index in [2.05, 4.69) is 37.4 Å². The molecule has 0 aliphatic rings. The Hall–Kier alpha value is -0.870. The minimum Gasteiger partial charge on any atom is -0.382 e. The summed E-state index contributed by atoms with van der Waals surface area (Å²) in [6.07, 6.45) is 3.27. The average Bonchev–Trinajstić information content (AvgIpc) is 2.61. The van der Waals surface area contributed by atoms with E-state index in [1.807, 2.05) is 4.68 Å². The quantitative estimate of drug-likeness (QED) is 0.720. The first-order valence-electron chi connectivity index (χ1n) is 5.93. The van der Waals surface area contributed by atoms with E-state index in [1.165, 1.54) is 5.56 Å². The number of ether oxygens (including phenoxy) is 1. The molecule has 1 N–H and O–H groups in total. The molecule has 0 spiro atoms. The first-order valence-corrected chi connectivity index (χ1v) is 5.93. The third kappa shape index (κ3) is 3.61. The number of nitrogens with one attached hydrogen (secondary N) is 1. The van der Waals surface area contributed by atoms with Gasteiger partial charge in [-0.25, -0.2) is 0 Å². The van der Waals surface area contributed by atoms with Gasteiger partial charge >= 0.3 is 0 Å². The van der Waals surface area contributed by atoms with Crippen LogP contribution in [0.5, 0.6) is 0 Å². The van der Waals surface area contributed by atoms with Gasteiger partial charge in [0.15, 0.2) is 0 Å². The molecule has 4 nitrogen and oxygen atoms in total. The summed E-state index contributed by atoms with van der Waals surface area (Å²) >= 11 is 0. The largest absolute Gasteiger partial charge is 0.382 e. The number of methoxy groups -OCH3 is 1. The molecule has 0 saturated heterocycles. The van der Waals surface area contributed by atoms with Gasteiger partial charge in [-0.2, -0.15) is 5.10 Å². The maximum absolute atomic E-state index is 5.13. The fourth-order valence-electron chi connectivity index (χ4n) is 1.64. The lowest BCUT2D eigenvalue weighted by molar-refractivity contribution is 0.157. The Bertz CT molecular complexity index is 309. The van der Waals surface area contributed by atoms with Crippen molar-refractivity contribution in [3.05, 3.63) is 17.5 Å². The molecule has 0 bridgehead atoms. The Labute approximate surface area is 98.0 Å². The highest BCUT2D eigenvalue weighted by Gasteiger charge is 2.09. The van der Waals surface area contributed by atoms with Gasteiger partial charge < -0.3 is 10.1 Å². The monoisotopic (exact) mass is 225 g/mol. The van der Waals surface area contributed by atoms with Crippen LogP contribution in [0.4, 0.5) is 0 Å². The molecule has 1 aromatic rings. The van der Waals surface area contributed by atoms with Crippen molar-refractivity contribution in [3.63, 3.8) is 0 Å². The summed E-state index contributed by atoms with van der Waals surface area (Å²) in [5, 5.41) is 7.90. The van der Waals surface area contributed by atoms with Crippen LogP contribution < -0.4 is 5.32 Å². The molecule has 1 rings (SSSR count). The van der Waals surface area contributed by atoms with E-state index in [4.69, 9.17) is 4.74 Å². The molecular formula is C12H23N3O. The highest BCUT2D eigenvalue weighted by atomic mass is 16.5. The third-order valence-corrected chi connectivity index (χ3v) is 2.62. The summed E-state index contributed by atoms with van der Waals surface area (Å²) in [5.41, 5.74) is 2.38. The van der Waals surface area contributed by atoms with E-state index in [0.29, 0.717) is 12.6 Å². The molecule has 0 saturated carbocycles. The van der Waals surface area contributed by atoms with E-state index in [9.17, 15) is 0 Å². The molecule has 0 fully saturated rings. The van der Waals surface area contributed by atoms with Crippen LogP contribution >= 0.6 is 0 Å². The number of hydrogen-bond acceptors (Lipinski definition) is 3. The van der Waals surface area contributed by atoms with Gasteiger partial charge in [-0.1, -0.05) is 6.92 Å². The standard InChI is InChI=1S/C12H23N3O/c1-5-6-13-7-12-8-15(14-11(12)3)10(2)9-16-4/h8,10,13H,5-7,9H2,1-4H3. The zero-order chi connectivity index (χ0) is 12.0.